The molecule has 0 aliphatic carbocycles. The van der Waals surface area contributed by atoms with Crippen molar-refractivity contribution < 1.29 is 9.50 Å². The minimum absolute atomic E-state index is 0.0765. The number of aliphatic hydroxyl groups is 1. The summed E-state index contributed by atoms with van der Waals surface area (Å²) >= 11 is 0. The van der Waals surface area contributed by atoms with Crippen molar-refractivity contribution in [1.82, 2.24) is 4.90 Å². The Balaban J connectivity index is 3.01. The van der Waals surface area contributed by atoms with E-state index in [1.807, 2.05) is 0 Å². The Kier molecular flexibility index (Phi) is 6.61. The van der Waals surface area contributed by atoms with E-state index in [1.165, 1.54) is 12.1 Å². The molecule has 4 nitrogen and oxygen atoms in total. The zero-order chi connectivity index (χ0) is 15.1. The molecule has 0 radical (unpaired) electrons. The lowest BCUT2D eigenvalue weighted by molar-refractivity contribution is 0.136. The molecular weight excluding hydrogens is 257 g/mol. The highest BCUT2D eigenvalue weighted by atomic mass is 19.1. The van der Waals surface area contributed by atoms with Crippen molar-refractivity contribution in [2.24, 2.45) is 5.73 Å². The largest absolute Gasteiger partial charge is 0.395 e. The van der Waals surface area contributed by atoms with Gasteiger partial charge < -0.3 is 10.8 Å². The average Bonchev–Trinajstić information content (AvgIpc) is 2.42. The van der Waals surface area contributed by atoms with E-state index in [0.717, 1.165) is 18.4 Å². The number of rotatable bonds is 8. The normalized spacial score (nSPS) is 11.3. The number of amidine groups is 1. The standard InChI is InChI=1S/C15H24FN3O/c1-3-13(4-2)19(7-8-20)10-11-5-6-12(16)9-14(11)15(17)18/h5-6,9,13,20H,3-4,7-8,10H2,1-2H3,(H3,17,18). The lowest BCUT2D eigenvalue weighted by atomic mass is 10.0. The number of hydrogen-bond donors (Lipinski definition) is 3. The maximum Gasteiger partial charge on any atom is 0.123 e. The van der Waals surface area contributed by atoms with Gasteiger partial charge in [0.05, 0.1) is 6.61 Å². The molecule has 20 heavy (non-hydrogen) atoms. The molecule has 0 atom stereocenters. The molecule has 4 N–H and O–H groups in total. The molecule has 0 fully saturated rings. The number of nitrogens with one attached hydrogen (secondary N) is 1. The van der Waals surface area contributed by atoms with Crippen molar-refractivity contribution in [2.75, 3.05) is 13.2 Å². The highest BCUT2D eigenvalue weighted by Gasteiger charge is 2.17. The molecule has 1 rings (SSSR count). The Morgan fingerprint density at radius 3 is 2.55 bits per heavy atom. The molecule has 0 aliphatic rings. The van der Waals surface area contributed by atoms with E-state index in [0.29, 0.717) is 24.7 Å². The van der Waals surface area contributed by atoms with Gasteiger partial charge in [0.1, 0.15) is 11.7 Å². The number of benzene rings is 1. The molecule has 1 aromatic rings. The van der Waals surface area contributed by atoms with Crippen LogP contribution in [0.5, 0.6) is 0 Å². The Morgan fingerprint density at radius 2 is 2.05 bits per heavy atom. The molecule has 0 unspecified atom stereocenters. The van der Waals surface area contributed by atoms with Gasteiger partial charge in [0.25, 0.3) is 0 Å². The quantitative estimate of drug-likeness (QED) is 0.504. The number of nitrogens with zero attached hydrogens (tertiary/aromatic N) is 1. The summed E-state index contributed by atoms with van der Waals surface area (Å²) in [7, 11) is 0. The molecule has 112 valence electrons. The summed E-state index contributed by atoms with van der Waals surface area (Å²) in [5.41, 5.74) is 6.77. The molecule has 1 aromatic carbocycles. The molecule has 0 saturated carbocycles. The smallest absolute Gasteiger partial charge is 0.123 e. The Morgan fingerprint density at radius 1 is 1.40 bits per heavy atom. The number of halogens is 1. The average molecular weight is 281 g/mol. The topological polar surface area (TPSA) is 73.3 Å². The first-order valence-electron chi connectivity index (χ1n) is 7.01. The monoisotopic (exact) mass is 281 g/mol. The van der Waals surface area contributed by atoms with Crippen LogP contribution >= 0.6 is 0 Å². The minimum atomic E-state index is -0.393. The second kappa shape index (κ2) is 7.97. The predicted octanol–water partition coefficient (Wildman–Crippen LogP) is 2.09. The summed E-state index contributed by atoms with van der Waals surface area (Å²) in [5, 5.41) is 16.8. The summed E-state index contributed by atoms with van der Waals surface area (Å²) in [6.07, 6.45) is 1.96. The van der Waals surface area contributed by atoms with Gasteiger partial charge in [0, 0.05) is 24.7 Å². The Hall–Kier alpha value is -1.46. The predicted molar refractivity (Wildman–Crippen MR) is 79.3 cm³/mol. The van der Waals surface area contributed by atoms with Crippen LogP contribution in [-0.2, 0) is 6.54 Å². The van der Waals surface area contributed by atoms with E-state index in [1.54, 1.807) is 6.07 Å². The van der Waals surface area contributed by atoms with Crippen molar-refractivity contribution in [3.63, 3.8) is 0 Å². The van der Waals surface area contributed by atoms with Gasteiger partial charge in [-0.1, -0.05) is 19.9 Å². The van der Waals surface area contributed by atoms with Crippen LogP contribution in [-0.4, -0.2) is 35.0 Å². The van der Waals surface area contributed by atoms with Crippen LogP contribution in [0.15, 0.2) is 18.2 Å². The van der Waals surface area contributed by atoms with Gasteiger partial charge in [0.2, 0.25) is 0 Å². The third kappa shape index (κ3) is 4.28. The van der Waals surface area contributed by atoms with Gasteiger partial charge in [0.15, 0.2) is 0 Å². The third-order valence-corrected chi connectivity index (χ3v) is 3.58. The summed E-state index contributed by atoms with van der Waals surface area (Å²) in [6, 6.07) is 4.69. The van der Waals surface area contributed by atoms with Gasteiger partial charge in [-0.2, -0.15) is 0 Å². The lowest BCUT2D eigenvalue weighted by Gasteiger charge is -2.30. The number of hydrogen-bond acceptors (Lipinski definition) is 3. The molecule has 0 saturated heterocycles. The van der Waals surface area contributed by atoms with E-state index >= 15 is 0 Å². The fraction of sp³-hybridized carbons (Fsp3) is 0.533. The molecule has 0 spiro atoms. The van der Waals surface area contributed by atoms with Crippen LogP contribution in [0.4, 0.5) is 4.39 Å². The third-order valence-electron chi connectivity index (χ3n) is 3.58. The first-order chi connectivity index (χ1) is 9.53. The first-order valence-corrected chi connectivity index (χ1v) is 7.01. The number of aliphatic hydroxyl groups excluding tert-OH is 1. The molecule has 0 bridgehead atoms. The fourth-order valence-electron chi connectivity index (χ4n) is 2.48. The SMILES string of the molecule is CCC(CC)N(CCO)Cc1ccc(F)cc1C(=N)N. The molecule has 0 heterocycles. The summed E-state index contributed by atoms with van der Waals surface area (Å²) < 4.78 is 13.3. The van der Waals surface area contributed by atoms with Crippen molar-refractivity contribution >= 4 is 5.84 Å². The van der Waals surface area contributed by atoms with Crippen LogP contribution in [0.2, 0.25) is 0 Å². The first kappa shape index (κ1) is 16.6. The molecule has 5 heteroatoms. The highest BCUT2D eigenvalue weighted by molar-refractivity contribution is 5.96. The summed E-state index contributed by atoms with van der Waals surface area (Å²) in [5.74, 6) is -0.525. The van der Waals surface area contributed by atoms with E-state index in [-0.39, 0.29) is 12.4 Å². The maximum absolute atomic E-state index is 13.3. The van der Waals surface area contributed by atoms with Crippen LogP contribution in [0.25, 0.3) is 0 Å². The van der Waals surface area contributed by atoms with Gasteiger partial charge in [-0.25, -0.2) is 4.39 Å². The summed E-state index contributed by atoms with van der Waals surface area (Å²) in [6.45, 7) is 5.40. The van der Waals surface area contributed by atoms with Crippen molar-refractivity contribution in [2.45, 2.75) is 39.3 Å². The van der Waals surface area contributed by atoms with Gasteiger partial charge in [-0.3, -0.25) is 10.3 Å². The van der Waals surface area contributed by atoms with Gasteiger partial charge >= 0.3 is 0 Å². The van der Waals surface area contributed by atoms with Crippen LogP contribution in [0.3, 0.4) is 0 Å². The second-order valence-corrected chi connectivity index (χ2v) is 4.88. The van der Waals surface area contributed by atoms with Crippen molar-refractivity contribution in [3.05, 3.63) is 35.1 Å². The zero-order valence-corrected chi connectivity index (χ0v) is 12.2. The van der Waals surface area contributed by atoms with Crippen LogP contribution in [0.1, 0.15) is 37.8 Å². The maximum atomic E-state index is 13.3. The molecule has 0 aromatic heterocycles. The van der Waals surface area contributed by atoms with E-state index in [2.05, 4.69) is 18.7 Å². The summed E-state index contributed by atoms with van der Waals surface area (Å²) in [4.78, 5) is 2.15. The van der Waals surface area contributed by atoms with E-state index in [4.69, 9.17) is 11.1 Å². The minimum Gasteiger partial charge on any atom is -0.395 e. The number of nitrogen functional groups attached to an aromatic ring is 1. The Bertz CT molecular complexity index is 447. The van der Waals surface area contributed by atoms with Crippen molar-refractivity contribution in [1.29, 1.82) is 5.41 Å². The highest BCUT2D eigenvalue weighted by Crippen LogP contribution is 2.17. The lowest BCUT2D eigenvalue weighted by Crippen LogP contribution is -2.36. The second-order valence-electron chi connectivity index (χ2n) is 4.88. The van der Waals surface area contributed by atoms with E-state index in [9.17, 15) is 9.50 Å². The van der Waals surface area contributed by atoms with Crippen LogP contribution < -0.4 is 5.73 Å². The molecular formula is C15H24FN3O. The molecule has 0 amide bonds. The fourth-order valence-corrected chi connectivity index (χ4v) is 2.48. The van der Waals surface area contributed by atoms with Gasteiger partial charge in [-0.05, 0) is 30.5 Å². The van der Waals surface area contributed by atoms with Crippen LogP contribution in [0, 0.1) is 11.2 Å². The van der Waals surface area contributed by atoms with Crippen molar-refractivity contribution in [3.8, 4) is 0 Å². The Labute approximate surface area is 119 Å². The van der Waals surface area contributed by atoms with E-state index < -0.39 is 5.82 Å². The molecule has 0 aliphatic heterocycles. The number of nitrogens with two attached hydrogens (primary N) is 1. The zero-order valence-electron chi connectivity index (χ0n) is 12.2. The van der Waals surface area contributed by atoms with Gasteiger partial charge in [-0.15, -0.1) is 0 Å².